The second-order valence-corrected chi connectivity index (χ2v) is 8.21. The normalized spacial score (nSPS) is 16.9. The van der Waals surface area contributed by atoms with Crippen LogP contribution in [0.4, 0.5) is 0 Å². The van der Waals surface area contributed by atoms with Crippen LogP contribution in [0.1, 0.15) is 50.5 Å². The van der Waals surface area contributed by atoms with Gasteiger partial charge in [-0.2, -0.15) is 0 Å². The van der Waals surface area contributed by atoms with E-state index in [2.05, 4.69) is 20.8 Å². The number of nitrogens with zero attached hydrogens (tertiary/aromatic N) is 2. The lowest BCUT2D eigenvalue weighted by Crippen LogP contribution is -2.55. The molecule has 1 fully saturated rings. The second-order valence-electron chi connectivity index (χ2n) is 8.21. The fourth-order valence-corrected chi connectivity index (χ4v) is 2.92. The molecule has 5 nitrogen and oxygen atoms in total. The van der Waals surface area contributed by atoms with Gasteiger partial charge in [0.15, 0.2) is 0 Å². The minimum atomic E-state index is -0.466. The molecule has 0 spiro atoms. The van der Waals surface area contributed by atoms with Gasteiger partial charge in [0.25, 0.3) is 5.91 Å². The number of amides is 2. The number of piperazine rings is 1. The van der Waals surface area contributed by atoms with E-state index in [-0.39, 0.29) is 23.1 Å². The molecule has 25 heavy (non-hydrogen) atoms. The highest BCUT2D eigenvalue weighted by atomic mass is 16.2. The molecular formula is C20H31N3O2. The zero-order chi connectivity index (χ0) is 18.8. The monoisotopic (exact) mass is 345 g/mol. The quantitative estimate of drug-likeness (QED) is 0.914. The molecular weight excluding hydrogens is 314 g/mol. The van der Waals surface area contributed by atoms with Crippen LogP contribution in [0.3, 0.4) is 0 Å². The maximum Gasteiger partial charge on any atom is 0.253 e. The largest absolute Gasteiger partial charge is 0.338 e. The van der Waals surface area contributed by atoms with Gasteiger partial charge in [0.2, 0.25) is 5.91 Å². The molecule has 1 aliphatic rings. The molecule has 0 radical (unpaired) electrons. The van der Waals surface area contributed by atoms with Gasteiger partial charge in [0.1, 0.15) is 0 Å². The van der Waals surface area contributed by atoms with E-state index in [1.165, 1.54) is 5.56 Å². The molecule has 1 saturated heterocycles. The Labute approximate surface area is 151 Å². The van der Waals surface area contributed by atoms with Crippen molar-refractivity contribution in [2.24, 2.45) is 11.7 Å². The second kappa shape index (κ2) is 7.56. The van der Waals surface area contributed by atoms with Gasteiger partial charge in [-0.15, -0.1) is 0 Å². The summed E-state index contributed by atoms with van der Waals surface area (Å²) in [5.74, 6) is 0.130. The van der Waals surface area contributed by atoms with Crippen molar-refractivity contribution < 1.29 is 9.59 Å². The molecule has 1 aliphatic heterocycles. The Morgan fingerprint density at radius 1 is 0.960 bits per heavy atom. The van der Waals surface area contributed by atoms with Crippen LogP contribution in [-0.2, 0) is 10.2 Å². The number of hydrogen-bond donors (Lipinski definition) is 1. The SMILES string of the molecule is CC(C)[C@H](N)C(=O)N1CCN(C(=O)c2ccc(C(C)(C)C)cc2)CC1. The maximum atomic E-state index is 12.7. The van der Waals surface area contributed by atoms with Crippen LogP contribution in [0.2, 0.25) is 0 Å². The van der Waals surface area contributed by atoms with Crippen molar-refractivity contribution in [1.82, 2.24) is 9.80 Å². The van der Waals surface area contributed by atoms with E-state index in [1.807, 2.05) is 43.0 Å². The van der Waals surface area contributed by atoms with Gasteiger partial charge in [-0.1, -0.05) is 46.8 Å². The van der Waals surface area contributed by atoms with Crippen molar-refractivity contribution in [1.29, 1.82) is 0 Å². The summed E-state index contributed by atoms with van der Waals surface area (Å²) in [6, 6.07) is 7.38. The molecule has 0 aromatic heterocycles. The standard InChI is InChI=1S/C20H31N3O2/c1-14(2)17(21)19(25)23-12-10-22(11-13-23)18(24)15-6-8-16(9-7-15)20(3,4)5/h6-9,14,17H,10-13,21H2,1-5H3/t17-/m0/s1. The third-order valence-electron chi connectivity index (χ3n) is 4.88. The van der Waals surface area contributed by atoms with Crippen LogP contribution in [0.15, 0.2) is 24.3 Å². The molecule has 0 aliphatic carbocycles. The van der Waals surface area contributed by atoms with Gasteiger partial charge in [0.05, 0.1) is 6.04 Å². The Kier molecular flexibility index (Phi) is 5.88. The van der Waals surface area contributed by atoms with Crippen molar-refractivity contribution in [3.63, 3.8) is 0 Å². The summed E-state index contributed by atoms with van der Waals surface area (Å²) in [7, 11) is 0. The third-order valence-corrected chi connectivity index (χ3v) is 4.88. The number of carbonyl (C=O) groups is 2. The lowest BCUT2D eigenvalue weighted by atomic mass is 9.86. The number of nitrogens with two attached hydrogens (primary N) is 1. The lowest BCUT2D eigenvalue weighted by Gasteiger charge is -2.36. The smallest absolute Gasteiger partial charge is 0.253 e. The topological polar surface area (TPSA) is 66.6 Å². The summed E-state index contributed by atoms with van der Waals surface area (Å²) in [5.41, 5.74) is 7.94. The fourth-order valence-electron chi connectivity index (χ4n) is 2.92. The third kappa shape index (κ3) is 4.60. The van der Waals surface area contributed by atoms with Crippen LogP contribution < -0.4 is 5.73 Å². The first-order valence-electron chi connectivity index (χ1n) is 9.05. The molecule has 0 unspecified atom stereocenters. The first-order chi connectivity index (χ1) is 11.6. The van der Waals surface area contributed by atoms with Gasteiger partial charge in [-0.05, 0) is 29.0 Å². The highest BCUT2D eigenvalue weighted by molar-refractivity contribution is 5.94. The summed E-state index contributed by atoms with van der Waals surface area (Å²) in [5, 5.41) is 0. The summed E-state index contributed by atoms with van der Waals surface area (Å²) in [6.07, 6.45) is 0. The van der Waals surface area contributed by atoms with Gasteiger partial charge in [-0.25, -0.2) is 0 Å². The van der Waals surface area contributed by atoms with Gasteiger partial charge < -0.3 is 15.5 Å². The summed E-state index contributed by atoms with van der Waals surface area (Å²) in [6.45, 7) is 12.6. The molecule has 1 aromatic carbocycles. The lowest BCUT2D eigenvalue weighted by molar-refractivity contribution is -0.135. The van der Waals surface area contributed by atoms with Crippen molar-refractivity contribution in [2.75, 3.05) is 26.2 Å². The highest BCUT2D eigenvalue weighted by Crippen LogP contribution is 2.22. The zero-order valence-corrected chi connectivity index (χ0v) is 16.1. The molecule has 1 aromatic rings. The van der Waals surface area contributed by atoms with Crippen molar-refractivity contribution >= 4 is 11.8 Å². The van der Waals surface area contributed by atoms with Crippen molar-refractivity contribution in [3.8, 4) is 0 Å². The van der Waals surface area contributed by atoms with Crippen LogP contribution >= 0.6 is 0 Å². The van der Waals surface area contributed by atoms with Crippen LogP contribution in [0, 0.1) is 5.92 Å². The molecule has 5 heteroatoms. The Morgan fingerprint density at radius 2 is 1.44 bits per heavy atom. The first-order valence-corrected chi connectivity index (χ1v) is 9.05. The molecule has 1 heterocycles. The van der Waals surface area contributed by atoms with Crippen molar-refractivity contribution in [2.45, 2.75) is 46.1 Å². The summed E-state index contributed by atoms with van der Waals surface area (Å²) >= 11 is 0. The number of rotatable bonds is 3. The molecule has 138 valence electrons. The average molecular weight is 345 g/mol. The maximum absolute atomic E-state index is 12.7. The molecule has 0 bridgehead atoms. The highest BCUT2D eigenvalue weighted by Gasteiger charge is 2.28. The van der Waals surface area contributed by atoms with E-state index in [4.69, 9.17) is 5.73 Å². The van der Waals surface area contributed by atoms with E-state index in [0.29, 0.717) is 31.7 Å². The molecule has 2 rings (SSSR count). The van der Waals surface area contributed by atoms with Gasteiger partial charge >= 0.3 is 0 Å². The average Bonchev–Trinajstić information content (AvgIpc) is 2.59. The van der Waals surface area contributed by atoms with Crippen LogP contribution in [-0.4, -0.2) is 53.8 Å². The molecule has 1 atom stereocenters. The predicted molar refractivity (Wildman–Crippen MR) is 100 cm³/mol. The number of carbonyl (C=O) groups excluding carboxylic acids is 2. The molecule has 0 saturated carbocycles. The van der Waals surface area contributed by atoms with E-state index in [9.17, 15) is 9.59 Å². The van der Waals surface area contributed by atoms with Crippen LogP contribution in [0.25, 0.3) is 0 Å². The summed E-state index contributed by atoms with van der Waals surface area (Å²) in [4.78, 5) is 28.6. The molecule has 2 N–H and O–H groups in total. The first kappa shape index (κ1) is 19.4. The van der Waals surface area contributed by atoms with E-state index in [1.54, 1.807) is 4.90 Å². The van der Waals surface area contributed by atoms with E-state index < -0.39 is 6.04 Å². The number of hydrogen-bond acceptors (Lipinski definition) is 3. The van der Waals surface area contributed by atoms with E-state index >= 15 is 0 Å². The zero-order valence-electron chi connectivity index (χ0n) is 16.1. The molecule has 2 amide bonds. The fraction of sp³-hybridized carbons (Fsp3) is 0.600. The predicted octanol–water partition coefficient (Wildman–Crippen LogP) is 2.25. The van der Waals surface area contributed by atoms with Crippen molar-refractivity contribution in [3.05, 3.63) is 35.4 Å². The Bertz CT molecular complexity index is 609. The minimum Gasteiger partial charge on any atom is -0.338 e. The summed E-state index contributed by atoms with van der Waals surface area (Å²) < 4.78 is 0. The van der Waals surface area contributed by atoms with Gasteiger partial charge in [-0.3, -0.25) is 9.59 Å². The van der Waals surface area contributed by atoms with Crippen LogP contribution in [0.5, 0.6) is 0 Å². The number of benzene rings is 1. The Morgan fingerprint density at radius 3 is 1.88 bits per heavy atom. The minimum absolute atomic E-state index is 0.0170. The Hall–Kier alpha value is -1.88. The van der Waals surface area contributed by atoms with E-state index in [0.717, 1.165) is 0 Å². The Balaban J connectivity index is 1.96. The van der Waals surface area contributed by atoms with Gasteiger partial charge in [0, 0.05) is 31.7 Å².